The molecule has 4 rings (SSSR count). The fraction of sp³-hybridized carbons (Fsp3) is 0.269. The number of hydrogen-bond donors (Lipinski definition) is 1. The molecule has 0 aliphatic heterocycles. The summed E-state index contributed by atoms with van der Waals surface area (Å²) in [6.45, 7) is 4.76. The number of methoxy groups -OCH3 is 1. The number of nitrogens with zero attached hydrogens (tertiary/aromatic N) is 2. The molecule has 4 aromatic rings. The number of aryl methyl sites for hydroxylation is 2. The first-order valence-electron chi connectivity index (χ1n) is 10.5. The van der Waals surface area contributed by atoms with Gasteiger partial charge in [0.2, 0.25) is 0 Å². The van der Waals surface area contributed by atoms with Crippen LogP contribution in [0.15, 0.2) is 66.7 Å². The van der Waals surface area contributed by atoms with Crippen LogP contribution < -0.4 is 9.47 Å². The summed E-state index contributed by atoms with van der Waals surface area (Å²) >= 11 is 0. The Morgan fingerprint density at radius 1 is 0.935 bits per heavy atom. The van der Waals surface area contributed by atoms with Crippen molar-refractivity contribution in [3.05, 3.63) is 89.2 Å². The summed E-state index contributed by atoms with van der Waals surface area (Å²) < 4.78 is 13.2. The summed E-state index contributed by atoms with van der Waals surface area (Å²) in [5.74, 6) is 2.52. The molecular formula is C26H28N2O3. The van der Waals surface area contributed by atoms with Crippen LogP contribution >= 0.6 is 0 Å². The number of ether oxygens (including phenoxy) is 2. The van der Waals surface area contributed by atoms with Crippen molar-refractivity contribution in [2.75, 3.05) is 13.7 Å². The molecule has 0 radical (unpaired) electrons. The van der Waals surface area contributed by atoms with Crippen molar-refractivity contribution < 1.29 is 14.6 Å². The highest BCUT2D eigenvalue weighted by Crippen LogP contribution is 2.21. The molecule has 0 saturated heterocycles. The molecule has 0 spiro atoms. The third-order valence-electron chi connectivity index (χ3n) is 5.57. The van der Waals surface area contributed by atoms with Crippen LogP contribution in [-0.4, -0.2) is 34.5 Å². The zero-order valence-corrected chi connectivity index (χ0v) is 18.2. The molecule has 160 valence electrons. The van der Waals surface area contributed by atoms with E-state index in [1.807, 2.05) is 66.7 Å². The Morgan fingerprint density at radius 3 is 2.42 bits per heavy atom. The standard InChI is InChI=1S/C26H28N2O3/c1-18-8-11-23(14-19(18)2)31-17-21(29)16-28-25-7-5-4-6-24(25)27-26(28)15-20-9-12-22(30-3)13-10-20/h4-14,21,29H,15-17H2,1-3H3/t21-/m1/s1. The summed E-state index contributed by atoms with van der Waals surface area (Å²) in [5.41, 5.74) is 5.47. The predicted octanol–water partition coefficient (Wildman–Crippen LogP) is 4.69. The monoisotopic (exact) mass is 416 g/mol. The van der Waals surface area contributed by atoms with Crippen LogP contribution in [0.25, 0.3) is 11.0 Å². The van der Waals surface area contributed by atoms with Crippen molar-refractivity contribution in [2.24, 2.45) is 0 Å². The smallest absolute Gasteiger partial charge is 0.119 e. The van der Waals surface area contributed by atoms with Crippen molar-refractivity contribution in [3.63, 3.8) is 0 Å². The van der Waals surface area contributed by atoms with Gasteiger partial charge in [0, 0.05) is 6.42 Å². The van der Waals surface area contributed by atoms with Crippen molar-refractivity contribution >= 4 is 11.0 Å². The quantitative estimate of drug-likeness (QED) is 0.453. The number of aliphatic hydroxyl groups is 1. The Hall–Kier alpha value is -3.31. The Morgan fingerprint density at radius 2 is 1.68 bits per heavy atom. The summed E-state index contributed by atoms with van der Waals surface area (Å²) in [4.78, 5) is 4.82. The summed E-state index contributed by atoms with van der Waals surface area (Å²) in [7, 11) is 1.66. The van der Waals surface area contributed by atoms with Crippen molar-refractivity contribution in [2.45, 2.75) is 32.9 Å². The molecule has 0 aliphatic carbocycles. The average molecular weight is 417 g/mol. The van der Waals surface area contributed by atoms with Crippen molar-refractivity contribution in [1.29, 1.82) is 0 Å². The van der Waals surface area contributed by atoms with Crippen LogP contribution in [0.4, 0.5) is 0 Å². The van der Waals surface area contributed by atoms with Gasteiger partial charge in [0.05, 0.1) is 24.7 Å². The van der Waals surface area contributed by atoms with Crippen LogP contribution in [0.3, 0.4) is 0 Å². The molecule has 5 nitrogen and oxygen atoms in total. The Bertz CT molecular complexity index is 1170. The van der Waals surface area contributed by atoms with Gasteiger partial charge in [0.15, 0.2) is 0 Å². The van der Waals surface area contributed by atoms with Gasteiger partial charge in [0.1, 0.15) is 30.0 Å². The molecule has 0 amide bonds. The van der Waals surface area contributed by atoms with E-state index < -0.39 is 6.10 Å². The van der Waals surface area contributed by atoms with E-state index in [0.29, 0.717) is 13.0 Å². The van der Waals surface area contributed by atoms with Crippen LogP contribution in [0.1, 0.15) is 22.5 Å². The molecule has 1 N–H and O–H groups in total. The lowest BCUT2D eigenvalue weighted by Gasteiger charge is -2.16. The number of rotatable bonds is 8. The van der Waals surface area contributed by atoms with Gasteiger partial charge in [-0.2, -0.15) is 0 Å². The molecule has 0 bridgehead atoms. The normalized spacial score (nSPS) is 12.1. The number of fused-ring (bicyclic) bond motifs is 1. The van der Waals surface area contributed by atoms with Crippen LogP contribution in [0.5, 0.6) is 11.5 Å². The molecular weight excluding hydrogens is 388 g/mol. The molecule has 5 heteroatoms. The molecule has 0 unspecified atom stereocenters. The van der Waals surface area contributed by atoms with Gasteiger partial charge in [-0.25, -0.2) is 4.98 Å². The molecule has 1 atom stereocenters. The number of aliphatic hydroxyl groups excluding tert-OH is 1. The van der Waals surface area contributed by atoms with E-state index in [9.17, 15) is 5.11 Å². The average Bonchev–Trinajstić information content (AvgIpc) is 3.12. The minimum Gasteiger partial charge on any atom is -0.497 e. The van der Waals surface area contributed by atoms with E-state index in [0.717, 1.165) is 33.9 Å². The molecule has 1 aromatic heterocycles. The first-order valence-corrected chi connectivity index (χ1v) is 10.5. The second-order valence-electron chi connectivity index (χ2n) is 7.86. The molecule has 3 aromatic carbocycles. The number of para-hydroxylation sites is 2. The summed E-state index contributed by atoms with van der Waals surface area (Å²) in [6, 6.07) is 22.0. The van der Waals surface area contributed by atoms with E-state index >= 15 is 0 Å². The van der Waals surface area contributed by atoms with E-state index in [1.165, 1.54) is 11.1 Å². The van der Waals surface area contributed by atoms with E-state index in [1.54, 1.807) is 7.11 Å². The first-order chi connectivity index (χ1) is 15.0. The zero-order chi connectivity index (χ0) is 21.8. The molecule has 0 fully saturated rings. The maximum atomic E-state index is 10.7. The number of imidazole rings is 1. The van der Waals surface area contributed by atoms with Gasteiger partial charge >= 0.3 is 0 Å². The second-order valence-corrected chi connectivity index (χ2v) is 7.86. The van der Waals surface area contributed by atoms with E-state index in [-0.39, 0.29) is 6.61 Å². The zero-order valence-electron chi connectivity index (χ0n) is 18.2. The minimum atomic E-state index is -0.658. The van der Waals surface area contributed by atoms with Gasteiger partial charge in [-0.15, -0.1) is 0 Å². The number of hydrogen-bond acceptors (Lipinski definition) is 4. The van der Waals surface area contributed by atoms with E-state index in [4.69, 9.17) is 14.5 Å². The largest absolute Gasteiger partial charge is 0.497 e. The molecule has 0 aliphatic rings. The van der Waals surface area contributed by atoms with Gasteiger partial charge < -0.3 is 19.1 Å². The number of benzene rings is 3. The van der Waals surface area contributed by atoms with Gasteiger partial charge in [-0.3, -0.25) is 0 Å². The van der Waals surface area contributed by atoms with Crippen LogP contribution in [0, 0.1) is 13.8 Å². The molecule has 0 saturated carbocycles. The maximum Gasteiger partial charge on any atom is 0.119 e. The fourth-order valence-electron chi connectivity index (χ4n) is 3.65. The highest BCUT2D eigenvalue weighted by Gasteiger charge is 2.15. The summed E-state index contributed by atoms with van der Waals surface area (Å²) in [6.07, 6.45) is 0.0116. The second kappa shape index (κ2) is 9.23. The number of aromatic nitrogens is 2. The Labute approximate surface area is 182 Å². The van der Waals surface area contributed by atoms with Crippen molar-refractivity contribution in [3.8, 4) is 11.5 Å². The van der Waals surface area contributed by atoms with Crippen LogP contribution in [0.2, 0.25) is 0 Å². The molecule has 31 heavy (non-hydrogen) atoms. The lowest BCUT2D eigenvalue weighted by molar-refractivity contribution is 0.0927. The van der Waals surface area contributed by atoms with Crippen molar-refractivity contribution in [1.82, 2.24) is 9.55 Å². The SMILES string of the molecule is COc1ccc(Cc2nc3ccccc3n2C[C@@H](O)COc2ccc(C)c(C)c2)cc1. The Kier molecular flexibility index (Phi) is 6.23. The third kappa shape index (κ3) is 4.89. The maximum absolute atomic E-state index is 10.7. The third-order valence-corrected chi connectivity index (χ3v) is 5.57. The van der Waals surface area contributed by atoms with Gasteiger partial charge in [-0.1, -0.05) is 30.3 Å². The fourth-order valence-corrected chi connectivity index (χ4v) is 3.65. The first kappa shape index (κ1) is 20.9. The summed E-state index contributed by atoms with van der Waals surface area (Å²) in [5, 5.41) is 10.7. The topological polar surface area (TPSA) is 56.5 Å². The van der Waals surface area contributed by atoms with Crippen LogP contribution in [-0.2, 0) is 13.0 Å². The predicted molar refractivity (Wildman–Crippen MR) is 123 cm³/mol. The highest BCUT2D eigenvalue weighted by atomic mass is 16.5. The Balaban J connectivity index is 1.52. The lowest BCUT2D eigenvalue weighted by Crippen LogP contribution is -2.24. The lowest BCUT2D eigenvalue weighted by atomic mass is 10.1. The van der Waals surface area contributed by atoms with E-state index in [2.05, 4.69) is 18.4 Å². The van der Waals surface area contributed by atoms with Gasteiger partial charge in [-0.05, 0) is 66.9 Å². The molecule has 1 heterocycles. The van der Waals surface area contributed by atoms with Gasteiger partial charge in [0.25, 0.3) is 0 Å². The minimum absolute atomic E-state index is 0.219. The highest BCUT2D eigenvalue weighted by molar-refractivity contribution is 5.76.